The van der Waals surface area contributed by atoms with Gasteiger partial charge in [0.15, 0.2) is 0 Å². The molecule has 0 aliphatic rings. The first-order valence-corrected chi connectivity index (χ1v) is 10.2. The summed E-state index contributed by atoms with van der Waals surface area (Å²) in [6, 6.07) is 22.8. The van der Waals surface area contributed by atoms with Crippen molar-refractivity contribution >= 4 is 29.1 Å². The molecule has 0 fully saturated rings. The van der Waals surface area contributed by atoms with Gasteiger partial charge in [-0.05, 0) is 80.1 Å². The summed E-state index contributed by atoms with van der Waals surface area (Å²) in [5.74, 6) is -0.0913. The van der Waals surface area contributed by atoms with Crippen LogP contribution in [0, 0.1) is 0 Å². The zero-order chi connectivity index (χ0) is 20.8. The summed E-state index contributed by atoms with van der Waals surface area (Å²) in [5, 5.41) is 4.55. The topological polar surface area (TPSA) is 32.3 Å². The number of benzene rings is 3. The Morgan fingerprint density at radius 2 is 1.31 bits per heavy atom. The molecule has 1 amide bonds. The summed E-state index contributed by atoms with van der Waals surface area (Å²) in [7, 11) is 4.05. The molecule has 3 nitrogen and oxygen atoms in total. The Labute approximate surface area is 182 Å². The number of hydrogen-bond donors (Lipinski definition) is 1. The first-order valence-electron chi connectivity index (χ1n) is 9.49. The number of rotatable bonds is 7. The number of carbonyl (C=O) groups is 1. The Kier molecular flexibility index (Phi) is 7.32. The molecule has 0 saturated heterocycles. The largest absolute Gasteiger partial charge is 0.345 e. The van der Waals surface area contributed by atoms with Gasteiger partial charge in [-0.25, -0.2) is 0 Å². The summed E-state index contributed by atoms with van der Waals surface area (Å²) in [6.07, 6.45) is 0.809. The third kappa shape index (κ3) is 6.07. The normalized spacial score (nSPS) is 12.0. The van der Waals surface area contributed by atoms with Crippen LogP contribution in [-0.4, -0.2) is 31.4 Å². The summed E-state index contributed by atoms with van der Waals surface area (Å²) >= 11 is 12.0. The molecule has 0 saturated carbocycles. The van der Waals surface area contributed by atoms with Crippen LogP contribution in [0.1, 0.15) is 28.4 Å². The lowest BCUT2D eigenvalue weighted by molar-refractivity contribution is 0.0932. The number of nitrogens with one attached hydrogen (secondary N) is 1. The van der Waals surface area contributed by atoms with E-state index in [1.165, 1.54) is 0 Å². The number of nitrogens with zero attached hydrogens (tertiary/aromatic N) is 1. The van der Waals surface area contributed by atoms with E-state index < -0.39 is 0 Å². The van der Waals surface area contributed by atoms with Crippen LogP contribution in [0.2, 0.25) is 10.0 Å². The van der Waals surface area contributed by atoms with Gasteiger partial charge in [-0.2, -0.15) is 0 Å². The molecule has 0 radical (unpaired) electrons. The maximum absolute atomic E-state index is 12.9. The standard InChI is InChI=1S/C24H24Cl2N2O/c1-28(2)16-15-23(19-9-13-22(26)14-10-19)27-24(29)20-5-3-17(4-6-20)18-7-11-21(25)12-8-18/h3-14,23H,15-16H2,1-2H3,(H,27,29). The van der Waals surface area contributed by atoms with E-state index in [-0.39, 0.29) is 11.9 Å². The van der Waals surface area contributed by atoms with Crippen molar-refractivity contribution in [2.75, 3.05) is 20.6 Å². The lowest BCUT2D eigenvalue weighted by atomic mass is 10.0. The molecule has 29 heavy (non-hydrogen) atoms. The number of hydrogen-bond acceptors (Lipinski definition) is 2. The number of carbonyl (C=O) groups excluding carboxylic acids is 1. The average Bonchev–Trinajstić information content (AvgIpc) is 2.72. The van der Waals surface area contributed by atoms with Gasteiger partial charge in [0.25, 0.3) is 5.91 Å². The lowest BCUT2D eigenvalue weighted by Gasteiger charge is -2.21. The minimum Gasteiger partial charge on any atom is -0.345 e. The molecule has 1 atom stereocenters. The molecule has 0 aliphatic heterocycles. The second-order valence-electron chi connectivity index (χ2n) is 7.25. The zero-order valence-corrected chi connectivity index (χ0v) is 18.0. The molecule has 0 aliphatic carbocycles. The molecule has 3 aromatic carbocycles. The highest BCUT2D eigenvalue weighted by molar-refractivity contribution is 6.30. The third-order valence-electron chi connectivity index (χ3n) is 4.77. The molecular formula is C24H24Cl2N2O. The molecule has 3 aromatic rings. The van der Waals surface area contributed by atoms with E-state index in [4.69, 9.17) is 23.2 Å². The van der Waals surface area contributed by atoms with Gasteiger partial charge >= 0.3 is 0 Å². The molecule has 3 rings (SSSR count). The Hall–Kier alpha value is -2.33. The van der Waals surface area contributed by atoms with Gasteiger partial charge in [0, 0.05) is 15.6 Å². The highest BCUT2D eigenvalue weighted by atomic mass is 35.5. The maximum atomic E-state index is 12.9. The van der Waals surface area contributed by atoms with Crippen molar-refractivity contribution < 1.29 is 4.79 Å². The molecule has 0 spiro atoms. The van der Waals surface area contributed by atoms with Gasteiger partial charge in [0.2, 0.25) is 0 Å². The molecule has 1 unspecified atom stereocenters. The van der Waals surface area contributed by atoms with Crippen molar-refractivity contribution in [2.24, 2.45) is 0 Å². The molecular weight excluding hydrogens is 403 g/mol. The van der Waals surface area contributed by atoms with Gasteiger partial charge < -0.3 is 10.2 Å². The zero-order valence-electron chi connectivity index (χ0n) is 16.5. The summed E-state index contributed by atoms with van der Waals surface area (Å²) in [5.41, 5.74) is 3.78. The SMILES string of the molecule is CN(C)CCC(NC(=O)c1ccc(-c2ccc(Cl)cc2)cc1)c1ccc(Cl)cc1. The fourth-order valence-corrected chi connectivity index (χ4v) is 3.35. The average molecular weight is 427 g/mol. The van der Waals surface area contributed by atoms with Crippen LogP contribution >= 0.6 is 23.2 Å². The summed E-state index contributed by atoms with van der Waals surface area (Å²) in [6.45, 7) is 0.864. The Morgan fingerprint density at radius 3 is 1.83 bits per heavy atom. The third-order valence-corrected chi connectivity index (χ3v) is 5.27. The minimum atomic E-state index is -0.0913. The van der Waals surface area contributed by atoms with Crippen molar-refractivity contribution in [3.63, 3.8) is 0 Å². The van der Waals surface area contributed by atoms with Crippen LogP contribution in [0.4, 0.5) is 0 Å². The number of amides is 1. The molecule has 0 aromatic heterocycles. The van der Waals surface area contributed by atoms with E-state index in [1.807, 2.05) is 86.9 Å². The second kappa shape index (κ2) is 9.93. The van der Waals surface area contributed by atoms with Crippen LogP contribution in [0.15, 0.2) is 72.8 Å². The summed E-state index contributed by atoms with van der Waals surface area (Å²) in [4.78, 5) is 15.0. The monoisotopic (exact) mass is 426 g/mol. The second-order valence-corrected chi connectivity index (χ2v) is 8.13. The van der Waals surface area contributed by atoms with E-state index in [1.54, 1.807) is 0 Å². The van der Waals surface area contributed by atoms with Crippen molar-refractivity contribution in [1.29, 1.82) is 0 Å². The first kappa shape index (κ1) is 21.4. The fraction of sp³-hybridized carbons (Fsp3) is 0.208. The van der Waals surface area contributed by atoms with Crippen LogP contribution in [-0.2, 0) is 0 Å². The predicted octanol–water partition coefficient (Wildman–Crippen LogP) is 6.08. The van der Waals surface area contributed by atoms with Crippen LogP contribution < -0.4 is 5.32 Å². The van der Waals surface area contributed by atoms with Gasteiger partial charge in [-0.15, -0.1) is 0 Å². The highest BCUT2D eigenvalue weighted by Gasteiger charge is 2.16. The van der Waals surface area contributed by atoms with Gasteiger partial charge in [0.05, 0.1) is 6.04 Å². The van der Waals surface area contributed by atoms with E-state index >= 15 is 0 Å². The van der Waals surface area contributed by atoms with Crippen LogP contribution in [0.3, 0.4) is 0 Å². The predicted molar refractivity (Wildman–Crippen MR) is 122 cm³/mol. The Morgan fingerprint density at radius 1 is 0.828 bits per heavy atom. The number of halogens is 2. The molecule has 0 heterocycles. The molecule has 1 N–H and O–H groups in total. The maximum Gasteiger partial charge on any atom is 0.251 e. The van der Waals surface area contributed by atoms with Crippen molar-refractivity contribution in [1.82, 2.24) is 10.2 Å². The fourth-order valence-electron chi connectivity index (χ4n) is 3.10. The highest BCUT2D eigenvalue weighted by Crippen LogP contribution is 2.23. The van der Waals surface area contributed by atoms with Gasteiger partial charge in [0.1, 0.15) is 0 Å². The van der Waals surface area contributed by atoms with Crippen molar-refractivity contribution in [3.8, 4) is 11.1 Å². The van der Waals surface area contributed by atoms with Gasteiger partial charge in [-0.3, -0.25) is 4.79 Å². The summed E-state index contributed by atoms with van der Waals surface area (Å²) < 4.78 is 0. The minimum absolute atomic E-state index is 0.0851. The Bertz CT molecular complexity index is 936. The van der Waals surface area contributed by atoms with E-state index in [2.05, 4.69) is 10.2 Å². The van der Waals surface area contributed by atoms with E-state index in [0.717, 1.165) is 29.7 Å². The first-order chi connectivity index (χ1) is 13.9. The van der Waals surface area contributed by atoms with E-state index in [0.29, 0.717) is 15.6 Å². The van der Waals surface area contributed by atoms with E-state index in [9.17, 15) is 4.79 Å². The Balaban J connectivity index is 1.74. The quantitative estimate of drug-likeness (QED) is 0.495. The molecule has 0 bridgehead atoms. The van der Waals surface area contributed by atoms with Crippen molar-refractivity contribution in [3.05, 3.63) is 94.0 Å². The molecule has 150 valence electrons. The van der Waals surface area contributed by atoms with Crippen molar-refractivity contribution in [2.45, 2.75) is 12.5 Å². The smallest absolute Gasteiger partial charge is 0.251 e. The van der Waals surface area contributed by atoms with Crippen LogP contribution in [0.25, 0.3) is 11.1 Å². The van der Waals surface area contributed by atoms with Crippen LogP contribution in [0.5, 0.6) is 0 Å². The van der Waals surface area contributed by atoms with Gasteiger partial charge in [-0.1, -0.05) is 59.6 Å². The molecule has 5 heteroatoms. The lowest BCUT2D eigenvalue weighted by Crippen LogP contribution is -2.31.